The van der Waals surface area contributed by atoms with E-state index < -0.39 is 10.8 Å². The van der Waals surface area contributed by atoms with Gasteiger partial charge in [0.15, 0.2) is 0 Å². The molecule has 0 aromatic heterocycles. The van der Waals surface area contributed by atoms with Crippen LogP contribution in [0.15, 0.2) is 47.4 Å². The molecule has 0 heterocycles. The molecular formula is C18H23NOS. The molecule has 0 spiro atoms. The zero-order valence-corrected chi connectivity index (χ0v) is 13.1. The molecule has 2 nitrogen and oxygen atoms in total. The molecule has 2 aromatic rings. The Morgan fingerprint density at radius 3 is 2.52 bits per heavy atom. The van der Waals surface area contributed by atoms with Gasteiger partial charge in [-0.1, -0.05) is 49.6 Å². The average molecular weight is 301 g/mol. The van der Waals surface area contributed by atoms with Gasteiger partial charge in [-0.15, -0.1) is 0 Å². The first kappa shape index (κ1) is 14.7. The van der Waals surface area contributed by atoms with Gasteiger partial charge in [0.05, 0.1) is 10.8 Å². The Kier molecular flexibility index (Phi) is 4.71. The van der Waals surface area contributed by atoms with Crippen molar-refractivity contribution in [2.45, 2.75) is 43.0 Å². The molecule has 2 N–H and O–H groups in total. The molecular weight excluding hydrogens is 278 g/mol. The maximum absolute atomic E-state index is 12.6. The fraction of sp³-hybridized carbons (Fsp3) is 0.444. The smallest absolute Gasteiger partial charge is 0.0545 e. The fourth-order valence-electron chi connectivity index (χ4n) is 3.28. The Balaban J connectivity index is 1.71. The fourth-order valence-corrected chi connectivity index (χ4v) is 4.57. The van der Waals surface area contributed by atoms with E-state index in [1.54, 1.807) is 0 Å². The molecule has 2 aromatic carbocycles. The van der Waals surface area contributed by atoms with Crippen molar-refractivity contribution in [3.05, 3.63) is 42.5 Å². The van der Waals surface area contributed by atoms with Crippen molar-refractivity contribution >= 4 is 21.6 Å². The molecule has 1 aliphatic carbocycles. The van der Waals surface area contributed by atoms with Gasteiger partial charge >= 0.3 is 0 Å². The standard InChI is InChI=1S/C18H23NOS/c19-18(15-7-2-1-3-8-15)13-21(20)17-11-10-14-6-4-5-9-16(14)12-17/h4-6,9-12,15,18H,1-3,7-8,13,19H2. The Morgan fingerprint density at radius 2 is 1.76 bits per heavy atom. The second kappa shape index (κ2) is 6.71. The summed E-state index contributed by atoms with van der Waals surface area (Å²) in [6.45, 7) is 0. The van der Waals surface area contributed by atoms with Gasteiger partial charge in [0.1, 0.15) is 0 Å². The summed E-state index contributed by atoms with van der Waals surface area (Å²) in [5.74, 6) is 1.14. The van der Waals surface area contributed by atoms with E-state index in [1.165, 1.54) is 37.5 Å². The third kappa shape index (κ3) is 3.53. The number of hydrogen-bond donors (Lipinski definition) is 1. The first-order chi connectivity index (χ1) is 10.2. The Bertz CT molecular complexity index is 634. The molecule has 1 saturated carbocycles. The van der Waals surface area contributed by atoms with Crippen molar-refractivity contribution in [3.8, 4) is 0 Å². The molecule has 3 heteroatoms. The lowest BCUT2D eigenvalue weighted by Crippen LogP contribution is -2.36. The van der Waals surface area contributed by atoms with E-state index in [0.29, 0.717) is 11.7 Å². The molecule has 112 valence electrons. The number of fused-ring (bicyclic) bond motifs is 1. The van der Waals surface area contributed by atoms with Crippen molar-refractivity contribution in [3.63, 3.8) is 0 Å². The summed E-state index contributed by atoms with van der Waals surface area (Å²) >= 11 is 0. The molecule has 0 amide bonds. The van der Waals surface area contributed by atoms with Gasteiger partial charge in [0.2, 0.25) is 0 Å². The summed E-state index contributed by atoms with van der Waals surface area (Å²) in [6.07, 6.45) is 6.30. The minimum absolute atomic E-state index is 0.0672. The highest BCUT2D eigenvalue weighted by molar-refractivity contribution is 7.85. The SMILES string of the molecule is NC(CS(=O)c1ccc2ccccc2c1)C1CCCCC1. The van der Waals surface area contributed by atoms with Crippen LogP contribution in [0.4, 0.5) is 0 Å². The summed E-state index contributed by atoms with van der Waals surface area (Å²) in [5, 5.41) is 2.34. The van der Waals surface area contributed by atoms with E-state index in [9.17, 15) is 4.21 Å². The van der Waals surface area contributed by atoms with Crippen molar-refractivity contribution in [2.24, 2.45) is 11.7 Å². The van der Waals surface area contributed by atoms with Crippen LogP contribution in [0, 0.1) is 5.92 Å². The van der Waals surface area contributed by atoms with Crippen LogP contribution in [0.2, 0.25) is 0 Å². The second-order valence-corrected chi connectivity index (χ2v) is 7.58. The Morgan fingerprint density at radius 1 is 1.05 bits per heavy atom. The van der Waals surface area contributed by atoms with Crippen LogP contribution in [0.3, 0.4) is 0 Å². The highest BCUT2D eigenvalue weighted by Crippen LogP contribution is 2.27. The second-order valence-electron chi connectivity index (χ2n) is 6.08. The number of rotatable bonds is 4. The molecule has 1 aliphatic rings. The lowest BCUT2D eigenvalue weighted by atomic mass is 9.85. The molecule has 21 heavy (non-hydrogen) atoms. The molecule has 0 bridgehead atoms. The van der Waals surface area contributed by atoms with Crippen LogP contribution in [0.1, 0.15) is 32.1 Å². The van der Waals surface area contributed by atoms with Crippen LogP contribution in [-0.4, -0.2) is 16.0 Å². The van der Waals surface area contributed by atoms with Gasteiger partial charge in [-0.25, -0.2) is 0 Å². The Labute approximate surface area is 129 Å². The van der Waals surface area contributed by atoms with E-state index in [0.717, 1.165) is 10.3 Å². The molecule has 0 saturated heterocycles. The normalized spacial score (nSPS) is 19.5. The molecule has 0 radical (unpaired) electrons. The minimum atomic E-state index is -0.996. The predicted molar refractivity (Wildman–Crippen MR) is 89.8 cm³/mol. The van der Waals surface area contributed by atoms with Gasteiger partial charge in [-0.3, -0.25) is 4.21 Å². The lowest BCUT2D eigenvalue weighted by molar-refractivity contribution is 0.318. The highest BCUT2D eigenvalue weighted by atomic mass is 32.2. The van der Waals surface area contributed by atoms with E-state index in [4.69, 9.17) is 5.73 Å². The third-order valence-electron chi connectivity index (χ3n) is 4.58. The summed E-state index contributed by atoms with van der Waals surface area (Å²) in [7, 11) is -0.996. The summed E-state index contributed by atoms with van der Waals surface area (Å²) in [6, 6.07) is 14.3. The highest BCUT2D eigenvalue weighted by Gasteiger charge is 2.22. The summed E-state index contributed by atoms with van der Waals surface area (Å²) < 4.78 is 12.6. The number of benzene rings is 2. The first-order valence-electron chi connectivity index (χ1n) is 7.87. The van der Waals surface area contributed by atoms with Gasteiger partial charge < -0.3 is 5.73 Å². The molecule has 3 rings (SSSR count). The van der Waals surface area contributed by atoms with E-state index >= 15 is 0 Å². The van der Waals surface area contributed by atoms with Crippen LogP contribution in [0.25, 0.3) is 10.8 Å². The zero-order chi connectivity index (χ0) is 14.7. The molecule has 2 atom stereocenters. The van der Waals surface area contributed by atoms with Crippen molar-refractivity contribution in [1.29, 1.82) is 0 Å². The van der Waals surface area contributed by atoms with Crippen molar-refractivity contribution < 1.29 is 4.21 Å². The van der Waals surface area contributed by atoms with Crippen molar-refractivity contribution in [1.82, 2.24) is 0 Å². The summed E-state index contributed by atoms with van der Waals surface area (Å²) in [5.41, 5.74) is 6.31. The maximum Gasteiger partial charge on any atom is 0.0545 e. The predicted octanol–water partition coefficient (Wildman–Crippen LogP) is 3.86. The maximum atomic E-state index is 12.6. The van der Waals surface area contributed by atoms with Crippen LogP contribution in [-0.2, 0) is 10.8 Å². The number of nitrogens with two attached hydrogens (primary N) is 1. The largest absolute Gasteiger partial charge is 0.327 e. The average Bonchev–Trinajstić information content (AvgIpc) is 2.55. The monoisotopic (exact) mass is 301 g/mol. The molecule has 2 unspecified atom stereocenters. The van der Waals surface area contributed by atoms with Gasteiger partial charge in [0, 0.05) is 16.7 Å². The lowest BCUT2D eigenvalue weighted by Gasteiger charge is -2.27. The molecule has 0 aliphatic heterocycles. The van der Waals surface area contributed by atoms with Crippen LogP contribution < -0.4 is 5.73 Å². The Hall–Kier alpha value is -1.19. The van der Waals surface area contributed by atoms with Gasteiger partial charge in [-0.2, -0.15) is 0 Å². The molecule has 1 fully saturated rings. The van der Waals surface area contributed by atoms with E-state index in [1.807, 2.05) is 24.3 Å². The quantitative estimate of drug-likeness (QED) is 0.932. The van der Waals surface area contributed by atoms with E-state index in [2.05, 4.69) is 18.2 Å². The summed E-state index contributed by atoms with van der Waals surface area (Å²) in [4.78, 5) is 0.903. The van der Waals surface area contributed by atoms with Crippen LogP contribution in [0.5, 0.6) is 0 Å². The first-order valence-corrected chi connectivity index (χ1v) is 9.19. The van der Waals surface area contributed by atoms with Crippen molar-refractivity contribution in [2.75, 3.05) is 5.75 Å². The van der Waals surface area contributed by atoms with E-state index in [-0.39, 0.29) is 6.04 Å². The van der Waals surface area contributed by atoms with Gasteiger partial charge in [-0.05, 0) is 41.7 Å². The third-order valence-corrected chi connectivity index (χ3v) is 6.05. The van der Waals surface area contributed by atoms with Gasteiger partial charge in [0.25, 0.3) is 0 Å². The number of hydrogen-bond acceptors (Lipinski definition) is 2. The topological polar surface area (TPSA) is 43.1 Å². The zero-order valence-electron chi connectivity index (χ0n) is 12.3. The minimum Gasteiger partial charge on any atom is -0.327 e. The van der Waals surface area contributed by atoms with Crippen LogP contribution >= 0.6 is 0 Å².